The Morgan fingerprint density at radius 1 is 1.02 bits per heavy atom. The molecule has 17 heteroatoms. The van der Waals surface area contributed by atoms with Crippen molar-refractivity contribution in [3.8, 4) is 0 Å². The van der Waals surface area contributed by atoms with Gasteiger partial charge in [-0.3, -0.25) is 19.1 Å². The van der Waals surface area contributed by atoms with Crippen LogP contribution in [0, 0.1) is 5.92 Å². The molecule has 0 saturated carbocycles. The number of rotatable bonds is 16. The molecule has 44 heavy (non-hydrogen) atoms. The summed E-state index contributed by atoms with van der Waals surface area (Å²) in [6.45, 7) is 2.45. The Morgan fingerprint density at radius 3 is 2.18 bits per heavy atom. The van der Waals surface area contributed by atoms with Crippen molar-refractivity contribution >= 4 is 48.3 Å². The molecule has 2 amide bonds. The molecule has 2 rings (SSSR count). The topological polar surface area (TPSA) is 149 Å². The molecular weight excluding hydrogens is 633 g/mol. The first-order valence-electron chi connectivity index (χ1n) is 13.4. The molecule has 4 N–H and O–H groups in total. The lowest BCUT2D eigenvalue weighted by atomic mass is 10.0. The molecular formula is C27H33BCl2F3N3O8. The fourth-order valence-corrected chi connectivity index (χ4v) is 4.22. The van der Waals surface area contributed by atoms with Crippen molar-refractivity contribution in [2.45, 2.75) is 45.3 Å². The fraction of sp³-hybridized carbons (Fsp3) is 0.444. The Morgan fingerprint density at radius 2 is 1.64 bits per heavy atom. The molecule has 0 saturated heterocycles. The van der Waals surface area contributed by atoms with E-state index in [0.29, 0.717) is 10.6 Å². The van der Waals surface area contributed by atoms with Crippen LogP contribution < -0.4 is 5.43 Å². The van der Waals surface area contributed by atoms with Crippen LogP contribution in [-0.4, -0.2) is 82.8 Å². The number of aliphatic hydroxyl groups is 2. The molecule has 0 aliphatic carbocycles. The van der Waals surface area contributed by atoms with E-state index < -0.39 is 56.1 Å². The van der Waals surface area contributed by atoms with E-state index in [1.165, 1.54) is 30.3 Å². The molecule has 0 unspecified atom stereocenters. The van der Waals surface area contributed by atoms with Gasteiger partial charge >= 0.3 is 19.5 Å². The minimum atomic E-state index is -4.54. The van der Waals surface area contributed by atoms with Crippen molar-refractivity contribution in [2.24, 2.45) is 5.92 Å². The van der Waals surface area contributed by atoms with Gasteiger partial charge in [-0.25, -0.2) is 10.4 Å². The van der Waals surface area contributed by atoms with Crippen LogP contribution in [-0.2, 0) is 31.6 Å². The van der Waals surface area contributed by atoms with E-state index in [9.17, 15) is 32.6 Å². The molecule has 0 bridgehead atoms. The van der Waals surface area contributed by atoms with E-state index >= 15 is 0 Å². The zero-order valence-electron chi connectivity index (χ0n) is 23.9. The zero-order chi connectivity index (χ0) is 33.0. The van der Waals surface area contributed by atoms with Gasteiger partial charge in [-0.1, -0.05) is 49.2 Å². The van der Waals surface area contributed by atoms with Gasteiger partial charge in [0.15, 0.2) is 0 Å². The molecule has 0 radical (unpaired) electrons. The number of amides is 2. The summed E-state index contributed by atoms with van der Waals surface area (Å²) in [6, 6.07) is 6.74. The van der Waals surface area contributed by atoms with Gasteiger partial charge in [0.25, 0.3) is 5.91 Å². The van der Waals surface area contributed by atoms with Gasteiger partial charge in [-0.15, -0.1) is 0 Å². The largest absolute Gasteiger partial charge is 0.730 e. The van der Waals surface area contributed by atoms with Crippen LogP contribution in [0.25, 0.3) is 0 Å². The van der Waals surface area contributed by atoms with Crippen LogP contribution >= 0.6 is 23.2 Å². The number of imide groups is 1. The summed E-state index contributed by atoms with van der Waals surface area (Å²) in [5, 5.41) is 30.0. The number of nitrogens with one attached hydrogen (secondary N) is 1. The zero-order valence-corrected chi connectivity index (χ0v) is 25.4. The Kier molecular flexibility index (Phi) is 15.0. The number of carbonyl (C=O) groups excluding carboxylic acids is 3. The highest BCUT2D eigenvalue weighted by atomic mass is 35.5. The predicted molar refractivity (Wildman–Crippen MR) is 155 cm³/mol. The van der Waals surface area contributed by atoms with Crippen LogP contribution in [0.1, 0.15) is 48.2 Å². The number of hydrogen-bond donors (Lipinski definition) is 4. The van der Waals surface area contributed by atoms with Gasteiger partial charge in [0.1, 0.15) is 6.04 Å². The second-order valence-electron chi connectivity index (χ2n) is 9.89. The second-order valence-corrected chi connectivity index (χ2v) is 10.7. The summed E-state index contributed by atoms with van der Waals surface area (Å²) in [7, 11) is -2.17. The first kappa shape index (κ1) is 37.4. The number of halogens is 5. The predicted octanol–water partition coefficient (Wildman–Crippen LogP) is 3.27. The highest BCUT2D eigenvalue weighted by Crippen LogP contribution is 2.29. The summed E-state index contributed by atoms with van der Waals surface area (Å²) in [5.41, 5.74) is 1.89. The summed E-state index contributed by atoms with van der Waals surface area (Å²) in [5.74, 6) is -3.16. The number of aryl methyl sites for hydroxylation is 1. The Hall–Kier alpha value is -2.76. The van der Waals surface area contributed by atoms with Crippen molar-refractivity contribution in [1.82, 2.24) is 15.5 Å². The molecule has 0 spiro atoms. The Balaban J connectivity index is 2.32. The number of nitrogens with zero attached hydrogens (tertiary/aromatic N) is 2. The molecule has 2 aromatic rings. The smallest absolute Gasteiger partial charge is 0.483 e. The van der Waals surface area contributed by atoms with E-state index in [2.05, 4.69) is 5.43 Å². The monoisotopic (exact) mass is 665 g/mol. The van der Waals surface area contributed by atoms with Crippen LogP contribution in [0.4, 0.5) is 13.2 Å². The van der Waals surface area contributed by atoms with E-state index in [1.54, 1.807) is 13.8 Å². The van der Waals surface area contributed by atoms with Crippen molar-refractivity contribution < 1.29 is 52.2 Å². The lowest BCUT2D eigenvalue weighted by Gasteiger charge is -2.28. The summed E-state index contributed by atoms with van der Waals surface area (Å²) < 4.78 is 48.8. The molecule has 0 heterocycles. The molecule has 242 valence electrons. The van der Waals surface area contributed by atoms with Crippen molar-refractivity contribution in [2.75, 3.05) is 26.3 Å². The van der Waals surface area contributed by atoms with Gasteiger partial charge < -0.3 is 19.9 Å². The molecule has 2 aromatic carbocycles. The highest BCUT2D eigenvalue weighted by molar-refractivity contribution is 6.37. The van der Waals surface area contributed by atoms with Crippen molar-refractivity contribution in [3.05, 3.63) is 69.2 Å². The van der Waals surface area contributed by atoms with E-state index in [1.807, 2.05) is 0 Å². The lowest BCUT2D eigenvalue weighted by molar-refractivity contribution is -0.151. The maximum atomic E-state index is 13.6. The minimum Gasteiger partial charge on any atom is -0.483 e. The van der Waals surface area contributed by atoms with Gasteiger partial charge in [0, 0.05) is 24.5 Å². The minimum absolute atomic E-state index is 0.00178. The first-order valence-corrected chi connectivity index (χ1v) is 14.2. The molecule has 0 aromatic heterocycles. The van der Waals surface area contributed by atoms with Gasteiger partial charge in [0.05, 0.1) is 29.4 Å². The van der Waals surface area contributed by atoms with Gasteiger partial charge in [-0.05, 0) is 54.7 Å². The molecule has 0 aliphatic heterocycles. The van der Waals surface area contributed by atoms with E-state index in [-0.39, 0.29) is 53.9 Å². The number of hydrogen-bond acceptors (Lipinski definition) is 10. The number of hydroxylamine groups is 2. The Bertz CT molecular complexity index is 1250. The van der Waals surface area contributed by atoms with Crippen LogP contribution in [0.2, 0.25) is 10.0 Å². The number of benzene rings is 2. The second kappa shape index (κ2) is 17.7. The quantitative estimate of drug-likeness (QED) is 0.156. The number of alkyl halides is 3. The normalized spacial score (nSPS) is 12.4. The summed E-state index contributed by atoms with van der Waals surface area (Å²) >= 11 is 12.2. The number of aliphatic hydroxyl groups excluding tert-OH is 2. The van der Waals surface area contributed by atoms with Crippen LogP contribution in [0.3, 0.4) is 0 Å². The molecule has 0 aliphatic rings. The Labute approximate surface area is 262 Å². The number of hydrazine groups is 1. The summed E-state index contributed by atoms with van der Waals surface area (Å²) in [4.78, 5) is 40.1. The van der Waals surface area contributed by atoms with E-state index in [0.717, 1.165) is 17.2 Å². The fourth-order valence-electron chi connectivity index (χ4n) is 3.85. The maximum absolute atomic E-state index is 13.6. The molecule has 11 nitrogen and oxygen atoms in total. The van der Waals surface area contributed by atoms with Gasteiger partial charge in [0.2, 0.25) is 5.91 Å². The third-order valence-electron chi connectivity index (χ3n) is 5.95. The van der Waals surface area contributed by atoms with Crippen molar-refractivity contribution in [3.63, 3.8) is 0 Å². The average Bonchev–Trinajstić information content (AvgIpc) is 2.94. The number of carbonyl (C=O) groups is 3. The highest BCUT2D eigenvalue weighted by Gasteiger charge is 2.35. The first-order chi connectivity index (χ1) is 20.7. The lowest BCUT2D eigenvalue weighted by Crippen LogP contribution is -2.55. The van der Waals surface area contributed by atoms with E-state index in [4.69, 9.17) is 42.8 Å². The van der Waals surface area contributed by atoms with Gasteiger partial charge in [-0.2, -0.15) is 18.2 Å². The summed E-state index contributed by atoms with van der Waals surface area (Å²) in [6.07, 6.45) is -4.95. The van der Waals surface area contributed by atoms with Crippen LogP contribution in [0.5, 0.6) is 0 Å². The average molecular weight is 666 g/mol. The maximum Gasteiger partial charge on any atom is 0.730 e. The third kappa shape index (κ3) is 12.0. The van der Waals surface area contributed by atoms with Crippen LogP contribution in [0.15, 0.2) is 42.5 Å². The molecule has 0 fully saturated rings. The third-order valence-corrected chi connectivity index (χ3v) is 6.52. The SMILES string of the molecule is CC(C)C[C@@H](NN(C(=O)CCc1ccc(C(F)(F)F)cc1)C(=O)c1cc(Cl)ccc1Cl)C(=O)OB(O)ON(CCO)CCO. The standard InChI is InChI=1S/C27H33BCl2F3N3O8/c1-17(2)15-23(26(41)43-28(42)44-35(11-13-37)12-14-38)34-36(25(40)21-16-20(29)8-9-22(21)30)24(39)10-5-18-3-6-19(7-4-18)27(31,32)33/h3-4,6-9,16-17,23,34,37-38,42H,5,10-15H2,1-2H3/t23-/m1/s1. The van der Waals surface area contributed by atoms with Crippen molar-refractivity contribution in [1.29, 1.82) is 0 Å². The molecule has 1 atom stereocenters.